The van der Waals surface area contributed by atoms with Crippen molar-refractivity contribution in [1.82, 2.24) is 0 Å². The first-order valence-electron chi connectivity index (χ1n) is 13.3. The fourth-order valence-electron chi connectivity index (χ4n) is 7.40. The Morgan fingerprint density at radius 1 is 0.733 bits per heavy atom. The molecule has 0 spiro atoms. The van der Waals surface area contributed by atoms with Gasteiger partial charge in [-0.05, 0) is 91.8 Å². The van der Waals surface area contributed by atoms with Crippen molar-refractivity contribution < 1.29 is 10.2 Å². The van der Waals surface area contributed by atoms with E-state index in [4.69, 9.17) is 0 Å². The van der Waals surface area contributed by atoms with Crippen LogP contribution in [-0.4, -0.2) is 22.4 Å². The monoisotopic (exact) mass is 422 g/mol. The largest absolute Gasteiger partial charge is 0.390 e. The van der Waals surface area contributed by atoms with Gasteiger partial charge in [-0.15, -0.1) is 0 Å². The molecule has 2 N–H and O–H groups in total. The van der Waals surface area contributed by atoms with Gasteiger partial charge in [0.1, 0.15) is 0 Å². The molecule has 2 aliphatic carbocycles. The quantitative estimate of drug-likeness (QED) is 0.383. The van der Waals surface area contributed by atoms with Gasteiger partial charge in [-0.1, -0.05) is 74.1 Å². The molecule has 2 rings (SSSR count). The molecule has 2 nitrogen and oxygen atoms in total. The fourth-order valence-corrected chi connectivity index (χ4v) is 7.40. The highest BCUT2D eigenvalue weighted by molar-refractivity contribution is 4.84. The van der Waals surface area contributed by atoms with Crippen LogP contribution in [0.3, 0.4) is 0 Å². The van der Waals surface area contributed by atoms with Gasteiger partial charge in [-0.2, -0.15) is 0 Å². The highest BCUT2D eigenvalue weighted by Gasteiger charge is 2.33. The van der Waals surface area contributed by atoms with Crippen molar-refractivity contribution >= 4 is 0 Å². The molecule has 0 saturated heterocycles. The maximum atomic E-state index is 10.9. The maximum absolute atomic E-state index is 10.9. The molecular weight excluding hydrogens is 368 g/mol. The zero-order chi connectivity index (χ0) is 22.5. The third kappa shape index (κ3) is 8.81. The van der Waals surface area contributed by atoms with E-state index in [1.54, 1.807) is 0 Å². The van der Waals surface area contributed by atoms with Crippen molar-refractivity contribution in [2.45, 2.75) is 131 Å². The lowest BCUT2D eigenvalue weighted by Crippen LogP contribution is -2.37. The van der Waals surface area contributed by atoms with Crippen LogP contribution in [0.25, 0.3) is 0 Å². The molecule has 4 unspecified atom stereocenters. The van der Waals surface area contributed by atoms with Crippen molar-refractivity contribution in [2.75, 3.05) is 0 Å². The van der Waals surface area contributed by atoms with Gasteiger partial charge >= 0.3 is 0 Å². The first kappa shape index (κ1) is 26.2. The lowest BCUT2D eigenvalue weighted by molar-refractivity contribution is -0.0401. The van der Waals surface area contributed by atoms with E-state index in [1.165, 1.54) is 57.8 Å². The highest BCUT2D eigenvalue weighted by atomic mass is 16.3. The molecule has 0 bridgehead atoms. The van der Waals surface area contributed by atoms with Crippen LogP contribution >= 0.6 is 0 Å². The number of hydrogen-bond donors (Lipinski definition) is 2. The zero-order valence-electron chi connectivity index (χ0n) is 21.4. The van der Waals surface area contributed by atoms with E-state index in [0.717, 1.165) is 42.4 Å². The first-order chi connectivity index (χ1) is 13.9. The van der Waals surface area contributed by atoms with Gasteiger partial charge in [-0.3, -0.25) is 0 Å². The molecule has 0 aliphatic heterocycles. The Bertz CT molecular complexity index is 469. The summed E-state index contributed by atoms with van der Waals surface area (Å²) >= 11 is 0. The van der Waals surface area contributed by atoms with E-state index in [9.17, 15) is 10.2 Å². The minimum absolute atomic E-state index is 0.149. The molecule has 0 heterocycles. The molecule has 0 aromatic carbocycles. The summed E-state index contributed by atoms with van der Waals surface area (Å²) in [6, 6.07) is 0. The molecule has 2 fully saturated rings. The minimum atomic E-state index is -0.591. The summed E-state index contributed by atoms with van der Waals surface area (Å²) in [6.07, 6.45) is 12.6. The van der Waals surface area contributed by atoms with Gasteiger partial charge in [0.15, 0.2) is 0 Å². The zero-order valence-corrected chi connectivity index (χ0v) is 21.4. The Hall–Kier alpha value is -0.0800. The summed E-state index contributed by atoms with van der Waals surface area (Å²) in [6.45, 7) is 16.4. The van der Waals surface area contributed by atoms with Crippen LogP contribution in [-0.2, 0) is 0 Å². The average Bonchev–Trinajstić information content (AvgIpc) is 2.61. The minimum Gasteiger partial charge on any atom is -0.390 e. The summed E-state index contributed by atoms with van der Waals surface area (Å²) in [5.41, 5.74) is 0.218. The molecule has 2 aliphatic rings. The van der Waals surface area contributed by atoms with Crippen LogP contribution in [0.2, 0.25) is 0 Å². The lowest BCUT2D eigenvalue weighted by Gasteiger charge is -2.37. The molecule has 178 valence electrons. The fraction of sp³-hybridized carbons (Fsp3) is 1.00. The number of aliphatic hydroxyl groups is 2. The van der Waals surface area contributed by atoms with Gasteiger partial charge in [-0.25, -0.2) is 0 Å². The Morgan fingerprint density at radius 3 is 1.87 bits per heavy atom. The normalized spacial score (nSPS) is 34.9. The van der Waals surface area contributed by atoms with Gasteiger partial charge < -0.3 is 10.2 Å². The van der Waals surface area contributed by atoms with Crippen molar-refractivity contribution in [3.63, 3.8) is 0 Å². The van der Waals surface area contributed by atoms with Crippen molar-refractivity contribution in [3.05, 3.63) is 0 Å². The Morgan fingerprint density at radius 2 is 1.30 bits per heavy atom. The van der Waals surface area contributed by atoms with Crippen molar-refractivity contribution in [3.8, 4) is 0 Å². The Labute approximate surface area is 188 Å². The predicted octanol–water partition coefficient (Wildman–Crippen LogP) is 7.47. The second kappa shape index (κ2) is 11.7. The summed E-state index contributed by atoms with van der Waals surface area (Å²) in [5.74, 6) is 4.85. The summed E-state index contributed by atoms with van der Waals surface area (Å²) in [5, 5.41) is 21.7. The third-order valence-electron chi connectivity index (χ3n) is 8.47. The molecule has 7 atom stereocenters. The third-order valence-corrected chi connectivity index (χ3v) is 8.47. The molecule has 2 saturated carbocycles. The van der Waals surface area contributed by atoms with E-state index < -0.39 is 12.2 Å². The van der Waals surface area contributed by atoms with Crippen molar-refractivity contribution in [2.24, 2.45) is 46.8 Å². The maximum Gasteiger partial charge on any atom is 0.0824 e. The van der Waals surface area contributed by atoms with E-state index in [-0.39, 0.29) is 11.3 Å². The SMILES string of the molecule is CC1CCC(CC(C)CC(C)(C)CC(C)C(O)[C@H](O)C[C@@H]2CC(C)C[C@H](C)C2)CC1. The van der Waals surface area contributed by atoms with Crippen LogP contribution < -0.4 is 0 Å². The van der Waals surface area contributed by atoms with Crippen LogP contribution in [0, 0.1) is 46.8 Å². The molecule has 0 radical (unpaired) electrons. The van der Waals surface area contributed by atoms with Gasteiger partial charge in [0.25, 0.3) is 0 Å². The smallest absolute Gasteiger partial charge is 0.0824 e. The van der Waals surface area contributed by atoms with Gasteiger partial charge in [0.05, 0.1) is 12.2 Å². The van der Waals surface area contributed by atoms with Crippen LogP contribution in [0.4, 0.5) is 0 Å². The van der Waals surface area contributed by atoms with E-state index in [0.29, 0.717) is 5.92 Å². The lowest BCUT2D eigenvalue weighted by atomic mass is 9.71. The van der Waals surface area contributed by atoms with Crippen LogP contribution in [0.1, 0.15) is 119 Å². The van der Waals surface area contributed by atoms with Crippen LogP contribution in [0.15, 0.2) is 0 Å². The Balaban J connectivity index is 1.76. The summed E-state index contributed by atoms with van der Waals surface area (Å²) < 4.78 is 0. The number of aliphatic hydroxyl groups excluding tert-OH is 2. The topological polar surface area (TPSA) is 40.5 Å². The first-order valence-corrected chi connectivity index (χ1v) is 13.3. The summed E-state index contributed by atoms with van der Waals surface area (Å²) in [4.78, 5) is 0. The summed E-state index contributed by atoms with van der Waals surface area (Å²) in [7, 11) is 0. The number of hydrogen-bond acceptors (Lipinski definition) is 2. The average molecular weight is 423 g/mol. The van der Waals surface area contributed by atoms with Crippen LogP contribution in [0.5, 0.6) is 0 Å². The highest BCUT2D eigenvalue weighted by Crippen LogP contribution is 2.40. The number of rotatable bonds is 10. The second-order valence-corrected chi connectivity index (χ2v) is 13.1. The molecule has 0 aromatic heterocycles. The molecule has 0 amide bonds. The molecule has 0 aromatic rings. The second-order valence-electron chi connectivity index (χ2n) is 13.1. The van der Waals surface area contributed by atoms with E-state index in [1.807, 2.05) is 0 Å². The predicted molar refractivity (Wildman–Crippen MR) is 129 cm³/mol. The molecular formula is C28H54O2. The standard InChI is InChI=1S/C28H54O2/c1-19-8-10-24(11-9-19)15-22(4)17-28(6,7)18-23(5)27(30)26(29)16-25-13-20(2)12-21(3)14-25/h19-27,29-30H,8-18H2,1-7H3/t19?,20-,21?,22?,23?,24?,25-,26+,27?/m0/s1. The van der Waals surface area contributed by atoms with Crippen molar-refractivity contribution in [1.29, 1.82) is 0 Å². The molecule has 2 heteroatoms. The van der Waals surface area contributed by atoms with Gasteiger partial charge in [0, 0.05) is 0 Å². The van der Waals surface area contributed by atoms with E-state index in [2.05, 4.69) is 48.5 Å². The van der Waals surface area contributed by atoms with E-state index >= 15 is 0 Å². The Kier molecular flexibility index (Phi) is 10.2. The molecule has 30 heavy (non-hydrogen) atoms. The van der Waals surface area contributed by atoms with Gasteiger partial charge in [0.2, 0.25) is 0 Å².